The molecule has 5 rings (SSSR count). The fourth-order valence-corrected chi connectivity index (χ4v) is 4.05. The molecular weight excluding hydrogens is 366 g/mol. The first-order chi connectivity index (χ1) is 14.2. The number of imidazole rings is 1. The Morgan fingerprint density at radius 1 is 1.28 bits per heavy atom. The van der Waals surface area contributed by atoms with E-state index in [4.69, 9.17) is 10.2 Å². The van der Waals surface area contributed by atoms with Crippen molar-refractivity contribution >= 4 is 22.6 Å². The van der Waals surface area contributed by atoms with E-state index >= 15 is 0 Å². The molecule has 8 heteroatoms. The number of pyridine rings is 2. The van der Waals surface area contributed by atoms with Gasteiger partial charge in [-0.1, -0.05) is 6.07 Å². The van der Waals surface area contributed by atoms with E-state index in [9.17, 15) is 4.79 Å². The fourth-order valence-electron chi connectivity index (χ4n) is 4.05. The third kappa shape index (κ3) is 3.01. The zero-order chi connectivity index (χ0) is 19.8. The Morgan fingerprint density at radius 3 is 3.10 bits per heavy atom. The van der Waals surface area contributed by atoms with Gasteiger partial charge in [0.1, 0.15) is 11.9 Å². The Morgan fingerprint density at radius 2 is 2.21 bits per heavy atom. The van der Waals surface area contributed by atoms with Gasteiger partial charge in [-0.05, 0) is 37.1 Å². The van der Waals surface area contributed by atoms with Crippen molar-refractivity contribution in [1.29, 1.82) is 5.26 Å². The van der Waals surface area contributed by atoms with Crippen LogP contribution in [0.2, 0.25) is 0 Å². The smallest absolute Gasteiger partial charge is 0.236 e. The molecule has 1 amide bonds. The van der Waals surface area contributed by atoms with Crippen LogP contribution in [-0.2, 0) is 4.79 Å². The van der Waals surface area contributed by atoms with Gasteiger partial charge < -0.3 is 9.47 Å². The van der Waals surface area contributed by atoms with Crippen LogP contribution in [0.1, 0.15) is 25.3 Å². The number of aromatic nitrogens is 5. The standard InChI is InChI=1S/C21H19N7O/c22-9-8-20(29)26-10-3-4-15(13-26)27-14-23-18-7-6-17(25-21(18)27)16-12-24-28-11-2-1-5-19(16)28/h1-2,5-7,11-12,14-15H,3-4,8,10,13H2/t15-/m0/s1. The highest BCUT2D eigenvalue weighted by Gasteiger charge is 2.26. The molecule has 5 heterocycles. The Bertz CT molecular complexity index is 1250. The molecule has 8 nitrogen and oxygen atoms in total. The van der Waals surface area contributed by atoms with E-state index in [2.05, 4.69) is 14.6 Å². The summed E-state index contributed by atoms with van der Waals surface area (Å²) in [6.07, 6.45) is 7.32. The number of hydrogen-bond acceptors (Lipinski definition) is 5. The summed E-state index contributed by atoms with van der Waals surface area (Å²) in [6.45, 7) is 1.28. The summed E-state index contributed by atoms with van der Waals surface area (Å²) in [4.78, 5) is 23.3. The van der Waals surface area contributed by atoms with Gasteiger partial charge >= 0.3 is 0 Å². The largest absolute Gasteiger partial charge is 0.340 e. The average molecular weight is 385 g/mol. The Labute approximate surface area is 167 Å². The molecule has 0 aromatic carbocycles. The van der Waals surface area contributed by atoms with Gasteiger partial charge in [-0.2, -0.15) is 10.4 Å². The van der Waals surface area contributed by atoms with E-state index in [-0.39, 0.29) is 18.4 Å². The van der Waals surface area contributed by atoms with E-state index in [1.807, 2.05) is 53.3 Å². The van der Waals surface area contributed by atoms with Crippen molar-refractivity contribution in [3.05, 3.63) is 49.1 Å². The zero-order valence-electron chi connectivity index (χ0n) is 15.8. The molecule has 1 fully saturated rings. The minimum Gasteiger partial charge on any atom is -0.340 e. The summed E-state index contributed by atoms with van der Waals surface area (Å²) in [5, 5.41) is 13.2. The summed E-state index contributed by atoms with van der Waals surface area (Å²) in [6, 6.07) is 11.9. The molecule has 4 aromatic rings. The summed E-state index contributed by atoms with van der Waals surface area (Å²) in [5.41, 5.74) is 4.43. The molecule has 0 N–H and O–H groups in total. The molecule has 0 aliphatic carbocycles. The number of piperidine rings is 1. The van der Waals surface area contributed by atoms with Crippen LogP contribution in [0.3, 0.4) is 0 Å². The molecule has 1 atom stereocenters. The number of carbonyl (C=O) groups excluding carboxylic acids is 1. The SMILES string of the molecule is N#CCC(=O)N1CCC[C@H](n2cnc3ccc(-c4cnn5ccccc45)nc32)C1. The monoisotopic (exact) mass is 385 g/mol. The zero-order valence-corrected chi connectivity index (χ0v) is 15.8. The summed E-state index contributed by atoms with van der Waals surface area (Å²) in [5.74, 6) is -0.110. The van der Waals surface area contributed by atoms with Crippen LogP contribution in [0.25, 0.3) is 27.9 Å². The van der Waals surface area contributed by atoms with E-state index in [1.54, 1.807) is 11.2 Å². The Hall–Kier alpha value is -3.73. The van der Waals surface area contributed by atoms with Crippen LogP contribution in [0.4, 0.5) is 0 Å². The number of likely N-dealkylation sites (tertiary alicyclic amines) is 1. The molecule has 0 bridgehead atoms. The lowest BCUT2D eigenvalue weighted by Crippen LogP contribution is -2.40. The van der Waals surface area contributed by atoms with Gasteiger partial charge in [0.25, 0.3) is 0 Å². The second-order valence-electron chi connectivity index (χ2n) is 7.25. The third-order valence-corrected chi connectivity index (χ3v) is 5.50. The van der Waals surface area contributed by atoms with Gasteiger partial charge in [-0.15, -0.1) is 0 Å². The molecule has 144 valence electrons. The number of fused-ring (bicyclic) bond motifs is 2. The lowest BCUT2D eigenvalue weighted by molar-refractivity contribution is -0.131. The molecule has 1 aliphatic heterocycles. The summed E-state index contributed by atoms with van der Waals surface area (Å²) >= 11 is 0. The number of amides is 1. The van der Waals surface area contributed by atoms with Crippen LogP contribution in [0.15, 0.2) is 49.1 Å². The molecule has 1 aliphatic rings. The highest BCUT2D eigenvalue weighted by atomic mass is 16.2. The molecule has 0 saturated carbocycles. The summed E-state index contributed by atoms with van der Waals surface area (Å²) in [7, 11) is 0. The highest BCUT2D eigenvalue weighted by molar-refractivity contribution is 5.82. The average Bonchev–Trinajstić information content (AvgIpc) is 3.38. The van der Waals surface area contributed by atoms with Crippen LogP contribution in [-0.4, -0.2) is 48.0 Å². The number of nitrogens with zero attached hydrogens (tertiary/aromatic N) is 7. The second kappa shape index (κ2) is 7.02. The minimum atomic E-state index is -0.110. The van der Waals surface area contributed by atoms with Crippen molar-refractivity contribution in [2.24, 2.45) is 0 Å². The molecule has 1 saturated heterocycles. The van der Waals surface area contributed by atoms with E-state index in [0.29, 0.717) is 13.1 Å². The number of rotatable bonds is 3. The predicted octanol–water partition coefficient (Wildman–Crippen LogP) is 2.82. The molecule has 29 heavy (non-hydrogen) atoms. The fraction of sp³-hybridized carbons (Fsp3) is 0.286. The first kappa shape index (κ1) is 17.4. The third-order valence-electron chi connectivity index (χ3n) is 5.50. The lowest BCUT2D eigenvalue weighted by Gasteiger charge is -2.33. The maximum atomic E-state index is 12.2. The molecule has 0 spiro atoms. The van der Waals surface area contributed by atoms with Crippen molar-refractivity contribution in [3.63, 3.8) is 0 Å². The quantitative estimate of drug-likeness (QED) is 0.541. The van der Waals surface area contributed by atoms with E-state index in [1.165, 1.54) is 0 Å². The topological polar surface area (TPSA) is 92.1 Å². The van der Waals surface area contributed by atoms with E-state index < -0.39 is 0 Å². The number of carbonyl (C=O) groups is 1. The first-order valence-electron chi connectivity index (χ1n) is 9.65. The number of nitriles is 1. The second-order valence-corrected chi connectivity index (χ2v) is 7.25. The Kier molecular flexibility index (Phi) is 4.21. The van der Waals surface area contributed by atoms with Crippen LogP contribution in [0.5, 0.6) is 0 Å². The number of hydrogen-bond donors (Lipinski definition) is 0. The highest BCUT2D eigenvalue weighted by Crippen LogP contribution is 2.28. The minimum absolute atomic E-state index is 0.0749. The normalized spacial score (nSPS) is 16.9. The molecule has 0 unspecified atom stereocenters. The van der Waals surface area contributed by atoms with Crippen molar-refractivity contribution in [2.75, 3.05) is 13.1 Å². The van der Waals surface area contributed by atoms with Gasteiger partial charge in [0.2, 0.25) is 5.91 Å². The van der Waals surface area contributed by atoms with Gasteiger partial charge in [0.05, 0.1) is 35.8 Å². The van der Waals surface area contributed by atoms with Gasteiger partial charge in [-0.25, -0.2) is 14.5 Å². The van der Waals surface area contributed by atoms with Crippen molar-refractivity contribution in [3.8, 4) is 17.3 Å². The van der Waals surface area contributed by atoms with E-state index in [0.717, 1.165) is 40.8 Å². The van der Waals surface area contributed by atoms with Crippen LogP contribution < -0.4 is 0 Å². The maximum Gasteiger partial charge on any atom is 0.236 e. The van der Waals surface area contributed by atoms with Gasteiger partial charge in [0.15, 0.2) is 5.65 Å². The predicted molar refractivity (Wildman–Crippen MR) is 107 cm³/mol. The van der Waals surface area contributed by atoms with Crippen molar-refractivity contribution in [2.45, 2.75) is 25.3 Å². The lowest BCUT2D eigenvalue weighted by atomic mass is 10.1. The summed E-state index contributed by atoms with van der Waals surface area (Å²) < 4.78 is 3.90. The first-order valence-corrected chi connectivity index (χ1v) is 9.65. The maximum absolute atomic E-state index is 12.2. The molecule has 4 aromatic heterocycles. The van der Waals surface area contributed by atoms with Crippen molar-refractivity contribution in [1.82, 2.24) is 29.0 Å². The van der Waals surface area contributed by atoms with Gasteiger partial charge in [-0.3, -0.25) is 4.79 Å². The molecule has 0 radical (unpaired) electrons. The van der Waals surface area contributed by atoms with Crippen LogP contribution >= 0.6 is 0 Å². The van der Waals surface area contributed by atoms with Crippen LogP contribution in [0, 0.1) is 11.3 Å². The van der Waals surface area contributed by atoms with Crippen molar-refractivity contribution < 1.29 is 4.79 Å². The van der Waals surface area contributed by atoms with Gasteiger partial charge in [0, 0.05) is 24.8 Å². The Balaban J connectivity index is 1.52. The molecular formula is C21H19N7O.